The Labute approximate surface area is 211 Å². The Morgan fingerprint density at radius 3 is 1.03 bits per heavy atom. The SMILES string of the molecule is COc1cc(OCc2ccccc2)cc(OC)c1-c1c(OC)cc(OCc2ccccc2)cc1OC. The molecule has 0 saturated carbocycles. The molecule has 6 heteroatoms. The molecule has 0 bridgehead atoms. The van der Waals surface area contributed by atoms with E-state index in [0.29, 0.717) is 58.8 Å². The first-order chi connectivity index (χ1) is 17.7. The zero-order valence-electron chi connectivity index (χ0n) is 20.9. The van der Waals surface area contributed by atoms with Gasteiger partial charge in [-0.05, 0) is 11.1 Å². The summed E-state index contributed by atoms with van der Waals surface area (Å²) in [6.45, 7) is 0.846. The van der Waals surface area contributed by atoms with Crippen molar-refractivity contribution in [3.8, 4) is 45.6 Å². The molecule has 0 spiro atoms. The van der Waals surface area contributed by atoms with E-state index in [-0.39, 0.29) is 0 Å². The Hall–Kier alpha value is -4.32. The molecular formula is C30H30O6. The van der Waals surface area contributed by atoms with Crippen LogP contribution < -0.4 is 28.4 Å². The van der Waals surface area contributed by atoms with Crippen molar-refractivity contribution in [2.75, 3.05) is 28.4 Å². The molecule has 0 saturated heterocycles. The van der Waals surface area contributed by atoms with Crippen LogP contribution in [0.4, 0.5) is 0 Å². The molecule has 0 unspecified atom stereocenters. The van der Waals surface area contributed by atoms with Crippen molar-refractivity contribution in [3.63, 3.8) is 0 Å². The fourth-order valence-electron chi connectivity index (χ4n) is 3.92. The van der Waals surface area contributed by atoms with Gasteiger partial charge in [-0.3, -0.25) is 0 Å². The number of methoxy groups -OCH3 is 4. The van der Waals surface area contributed by atoms with Crippen LogP contribution in [-0.2, 0) is 13.2 Å². The smallest absolute Gasteiger partial charge is 0.134 e. The van der Waals surface area contributed by atoms with Gasteiger partial charge in [0.05, 0.1) is 39.6 Å². The minimum atomic E-state index is 0.423. The molecule has 0 N–H and O–H groups in total. The molecular weight excluding hydrogens is 456 g/mol. The monoisotopic (exact) mass is 486 g/mol. The van der Waals surface area contributed by atoms with E-state index in [4.69, 9.17) is 28.4 Å². The summed E-state index contributed by atoms with van der Waals surface area (Å²) in [5.74, 6) is 3.49. The van der Waals surface area contributed by atoms with Crippen LogP contribution in [0.5, 0.6) is 34.5 Å². The van der Waals surface area contributed by atoms with Crippen molar-refractivity contribution in [1.29, 1.82) is 0 Å². The van der Waals surface area contributed by atoms with Crippen LogP contribution in [0.3, 0.4) is 0 Å². The molecule has 4 aromatic carbocycles. The standard InChI is InChI=1S/C30H30O6/c1-31-25-15-23(35-19-21-11-7-5-8-12-21)16-26(32-2)29(25)30-27(33-3)17-24(18-28(30)34-4)36-20-22-13-9-6-10-14-22/h5-18H,19-20H2,1-4H3. The van der Waals surface area contributed by atoms with Crippen LogP contribution in [0.15, 0.2) is 84.9 Å². The second kappa shape index (κ2) is 11.9. The highest BCUT2D eigenvalue weighted by molar-refractivity contribution is 5.87. The molecule has 0 aliphatic rings. The van der Waals surface area contributed by atoms with Crippen molar-refractivity contribution < 1.29 is 28.4 Å². The third-order valence-electron chi connectivity index (χ3n) is 5.71. The molecule has 0 atom stereocenters. The van der Waals surface area contributed by atoms with Crippen LogP contribution in [0.1, 0.15) is 11.1 Å². The quantitative estimate of drug-likeness (QED) is 0.240. The summed E-state index contributed by atoms with van der Waals surface area (Å²) in [5, 5.41) is 0. The lowest BCUT2D eigenvalue weighted by Crippen LogP contribution is -2.02. The highest BCUT2D eigenvalue weighted by atomic mass is 16.5. The second-order valence-electron chi connectivity index (χ2n) is 7.95. The molecule has 4 aromatic rings. The minimum absolute atomic E-state index is 0.423. The second-order valence-corrected chi connectivity index (χ2v) is 7.95. The third kappa shape index (κ3) is 5.66. The number of rotatable bonds is 11. The predicted molar refractivity (Wildman–Crippen MR) is 140 cm³/mol. The molecule has 0 fully saturated rings. The first kappa shape index (κ1) is 24.8. The van der Waals surface area contributed by atoms with Gasteiger partial charge in [-0.2, -0.15) is 0 Å². The maximum Gasteiger partial charge on any atom is 0.134 e. The fraction of sp³-hybridized carbons (Fsp3) is 0.200. The van der Waals surface area contributed by atoms with E-state index < -0.39 is 0 Å². The van der Waals surface area contributed by atoms with E-state index >= 15 is 0 Å². The molecule has 0 heterocycles. The van der Waals surface area contributed by atoms with Crippen LogP contribution in [0.2, 0.25) is 0 Å². The van der Waals surface area contributed by atoms with E-state index in [1.807, 2.05) is 84.9 Å². The van der Waals surface area contributed by atoms with E-state index in [2.05, 4.69) is 0 Å². The Kier molecular flexibility index (Phi) is 8.19. The lowest BCUT2D eigenvalue weighted by molar-refractivity contribution is 0.299. The summed E-state index contributed by atoms with van der Waals surface area (Å²) < 4.78 is 35.1. The zero-order valence-corrected chi connectivity index (χ0v) is 20.9. The van der Waals surface area contributed by atoms with Gasteiger partial charge < -0.3 is 28.4 Å². The summed E-state index contributed by atoms with van der Waals surface area (Å²) in [6.07, 6.45) is 0. The number of ether oxygens (including phenoxy) is 6. The van der Waals surface area contributed by atoms with Gasteiger partial charge in [0.15, 0.2) is 0 Å². The molecule has 0 aliphatic carbocycles. The Bertz CT molecular complexity index is 1120. The maximum absolute atomic E-state index is 6.03. The van der Waals surface area contributed by atoms with E-state index in [1.54, 1.807) is 28.4 Å². The maximum atomic E-state index is 6.03. The Morgan fingerprint density at radius 1 is 0.444 bits per heavy atom. The van der Waals surface area contributed by atoms with Crippen molar-refractivity contribution >= 4 is 0 Å². The van der Waals surface area contributed by atoms with Crippen molar-refractivity contribution in [2.24, 2.45) is 0 Å². The van der Waals surface area contributed by atoms with Gasteiger partial charge in [-0.1, -0.05) is 60.7 Å². The highest BCUT2D eigenvalue weighted by Gasteiger charge is 2.24. The van der Waals surface area contributed by atoms with Crippen molar-refractivity contribution in [1.82, 2.24) is 0 Å². The lowest BCUT2D eigenvalue weighted by Gasteiger charge is -2.21. The molecule has 4 rings (SSSR count). The zero-order chi connectivity index (χ0) is 25.3. The summed E-state index contributed by atoms with van der Waals surface area (Å²) in [5.41, 5.74) is 3.51. The van der Waals surface area contributed by atoms with Gasteiger partial charge in [0.1, 0.15) is 47.7 Å². The average molecular weight is 487 g/mol. The molecule has 0 aliphatic heterocycles. The number of hydrogen-bond acceptors (Lipinski definition) is 6. The first-order valence-corrected chi connectivity index (χ1v) is 11.5. The van der Waals surface area contributed by atoms with E-state index in [1.165, 1.54) is 0 Å². The third-order valence-corrected chi connectivity index (χ3v) is 5.71. The number of benzene rings is 4. The Balaban J connectivity index is 1.70. The lowest BCUT2D eigenvalue weighted by atomic mass is 10.00. The van der Waals surface area contributed by atoms with Crippen LogP contribution in [0.25, 0.3) is 11.1 Å². The summed E-state index contributed by atoms with van der Waals surface area (Å²) >= 11 is 0. The Morgan fingerprint density at radius 2 is 0.750 bits per heavy atom. The predicted octanol–water partition coefficient (Wildman–Crippen LogP) is 6.55. The largest absolute Gasteiger partial charge is 0.496 e. The normalized spacial score (nSPS) is 10.4. The molecule has 0 radical (unpaired) electrons. The van der Waals surface area contributed by atoms with Gasteiger partial charge in [-0.15, -0.1) is 0 Å². The molecule has 36 heavy (non-hydrogen) atoms. The average Bonchev–Trinajstić information content (AvgIpc) is 2.95. The molecule has 6 nitrogen and oxygen atoms in total. The van der Waals surface area contributed by atoms with Crippen LogP contribution >= 0.6 is 0 Å². The van der Waals surface area contributed by atoms with Crippen molar-refractivity contribution in [3.05, 3.63) is 96.1 Å². The van der Waals surface area contributed by atoms with Gasteiger partial charge >= 0.3 is 0 Å². The summed E-state index contributed by atoms with van der Waals surface area (Å²) in [6, 6.07) is 27.3. The molecule has 0 amide bonds. The summed E-state index contributed by atoms with van der Waals surface area (Å²) in [7, 11) is 6.43. The van der Waals surface area contributed by atoms with Gasteiger partial charge in [0.2, 0.25) is 0 Å². The van der Waals surface area contributed by atoms with E-state index in [9.17, 15) is 0 Å². The fourth-order valence-corrected chi connectivity index (χ4v) is 3.92. The van der Waals surface area contributed by atoms with E-state index in [0.717, 1.165) is 11.1 Å². The van der Waals surface area contributed by atoms with Crippen LogP contribution in [-0.4, -0.2) is 28.4 Å². The molecule has 186 valence electrons. The first-order valence-electron chi connectivity index (χ1n) is 11.5. The minimum Gasteiger partial charge on any atom is -0.496 e. The topological polar surface area (TPSA) is 55.4 Å². The summed E-state index contributed by atoms with van der Waals surface area (Å²) in [4.78, 5) is 0. The van der Waals surface area contributed by atoms with Gasteiger partial charge in [-0.25, -0.2) is 0 Å². The van der Waals surface area contributed by atoms with Crippen molar-refractivity contribution in [2.45, 2.75) is 13.2 Å². The van der Waals surface area contributed by atoms with Crippen LogP contribution in [0, 0.1) is 0 Å². The number of hydrogen-bond donors (Lipinski definition) is 0. The highest BCUT2D eigenvalue weighted by Crippen LogP contribution is 2.50. The van der Waals surface area contributed by atoms with Gasteiger partial charge in [0, 0.05) is 24.3 Å². The van der Waals surface area contributed by atoms with Gasteiger partial charge in [0.25, 0.3) is 0 Å². The molecule has 0 aromatic heterocycles.